The van der Waals surface area contributed by atoms with E-state index in [2.05, 4.69) is 49.9 Å². The van der Waals surface area contributed by atoms with Crippen molar-refractivity contribution < 1.29 is 4.74 Å². The molecule has 18 heavy (non-hydrogen) atoms. The third-order valence-corrected chi connectivity index (χ3v) is 3.38. The molecule has 3 heteroatoms. The van der Waals surface area contributed by atoms with Gasteiger partial charge in [-0.2, -0.15) is 0 Å². The number of nitrogens with zero attached hydrogens (tertiary/aromatic N) is 1. The largest absolute Gasteiger partial charge is 0.492 e. The Labute approximate surface area is 110 Å². The van der Waals surface area contributed by atoms with E-state index in [1.165, 1.54) is 5.56 Å². The molecule has 1 aromatic rings. The molecule has 0 spiro atoms. The van der Waals surface area contributed by atoms with Crippen molar-refractivity contribution in [2.24, 2.45) is 5.73 Å². The molecule has 1 fully saturated rings. The summed E-state index contributed by atoms with van der Waals surface area (Å²) in [4.78, 5) is 2.31. The second-order valence-corrected chi connectivity index (χ2v) is 6.14. The standard InChI is InChI=1S/C15H24N2O/c1-15(2,3)12-4-6-14(7-5-12)18-9-8-17-10-13(16)11-17/h4-7,13H,8-11,16H2,1-3H3. The molecule has 1 saturated heterocycles. The van der Waals surface area contributed by atoms with Gasteiger partial charge in [-0.15, -0.1) is 0 Å². The van der Waals surface area contributed by atoms with Gasteiger partial charge >= 0.3 is 0 Å². The Morgan fingerprint density at radius 2 is 1.83 bits per heavy atom. The molecule has 0 bridgehead atoms. The molecule has 0 aliphatic carbocycles. The van der Waals surface area contributed by atoms with Gasteiger partial charge in [0.25, 0.3) is 0 Å². The van der Waals surface area contributed by atoms with Gasteiger partial charge in [0.2, 0.25) is 0 Å². The minimum Gasteiger partial charge on any atom is -0.492 e. The maximum atomic E-state index is 5.73. The number of ether oxygens (including phenoxy) is 1. The van der Waals surface area contributed by atoms with Crippen molar-refractivity contribution >= 4 is 0 Å². The first-order chi connectivity index (χ1) is 8.45. The summed E-state index contributed by atoms with van der Waals surface area (Å²) in [5.74, 6) is 0.952. The fourth-order valence-corrected chi connectivity index (χ4v) is 2.14. The van der Waals surface area contributed by atoms with E-state index in [0.29, 0.717) is 6.04 Å². The van der Waals surface area contributed by atoms with Gasteiger partial charge in [0.15, 0.2) is 0 Å². The van der Waals surface area contributed by atoms with E-state index in [1.807, 2.05) is 0 Å². The Morgan fingerprint density at radius 1 is 1.22 bits per heavy atom. The summed E-state index contributed by atoms with van der Waals surface area (Å²) in [6.45, 7) is 10.4. The van der Waals surface area contributed by atoms with Crippen molar-refractivity contribution in [3.05, 3.63) is 29.8 Å². The van der Waals surface area contributed by atoms with Gasteiger partial charge in [-0.1, -0.05) is 32.9 Å². The number of hydrogen-bond donors (Lipinski definition) is 1. The minimum atomic E-state index is 0.201. The summed E-state index contributed by atoms with van der Waals surface area (Å²) in [5, 5.41) is 0. The lowest BCUT2D eigenvalue weighted by atomic mass is 9.87. The van der Waals surface area contributed by atoms with Crippen molar-refractivity contribution in [1.29, 1.82) is 0 Å². The van der Waals surface area contributed by atoms with Crippen molar-refractivity contribution in [2.45, 2.75) is 32.2 Å². The van der Waals surface area contributed by atoms with E-state index in [0.717, 1.165) is 32.0 Å². The molecule has 0 radical (unpaired) electrons. The van der Waals surface area contributed by atoms with Crippen LogP contribution in [0.25, 0.3) is 0 Å². The average Bonchev–Trinajstić information content (AvgIpc) is 2.26. The molecule has 0 amide bonds. The molecule has 0 aromatic heterocycles. The smallest absolute Gasteiger partial charge is 0.119 e. The number of hydrogen-bond acceptors (Lipinski definition) is 3. The molecule has 0 unspecified atom stereocenters. The van der Waals surface area contributed by atoms with Gasteiger partial charge in [0, 0.05) is 25.7 Å². The average molecular weight is 248 g/mol. The molecule has 2 rings (SSSR count). The van der Waals surface area contributed by atoms with E-state index < -0.39 is 0 Å². The number of likely N-dealkylation sites (tertiary alicyclic amines) is 1. The predicted molar refractivity (Wildman–Crippen MR) is 75.1 cm³/mol. The Morgan fingerprint density at radius 3 is 2.33 bits per heavy atom. The molecule has 1 aliphatic heterocycles. The highest BCUT2D eigenvalue weighted by atomic mass is 16.5. The van der Waals surface area contributed by atoms with Gasteiger partial charge in [-0.05, 0) is 23.1 Å². The van der Waals surface area contributed by atoms with Gasteiger partial charge in [0.05, 0.1) is 0 Å². The molecule has 100 valence electrons. The number of rotatable bonds is 4. The van der Waals surface area contributed by atoms with Gasteiger partial charge < -0.3 is 10.5 Å². The normalized spacial score (nSPS) is 17.6. The highest BCUT2D eigenvalue weighted by Gasteiger charge is 2.22. The summed E-state index contributed by atoms with van der Waals surface area (Å²) < 4.78 is 5.73. The van der Waals surface area contributed by atoms with Crippen LogP contribution in [0.4, 0.5) is 0 Å². The lowest BCUT2D eigenvalue weighted by Gasteiger charge is -2.36. The van der Waals surface area contributed by atoms with Crippen LogP contribution in [0.1, 0.15) is 26.3 Å². The van der Waals surface area contributed by atoms with E-state index in [4.69, 9.17) is 10.5 Å². The molecular weight excluding hydrogens is 224 g/mol. The summed E-state index contributed by atoms with van der Waals surface area (Å²) in [6.07, 6.45) is 0. The Kier molecular flexibility index (Phi) is 3.93. The first-order valence-electron chi connectivity index (χ1n) is 6.66. The number of nitrogens with two attached hydrogens (primary N) is 1. The van der Waals surface area contributed by atoms with Crippen LogP contribution in [0.2, 0.25) is 0 Å². The van der Waals surface area contributed by atoms with Crippen molar-refractivity contribution in [3.8, 4) is 5.75 Å². The van der Waals surface area contributed by atoms with Gasteiger partial charge in [-0.3, -0.25) is 4.90 Å². The van der Waals surface area contributed by atoms with Crippen molar-refractivity contribution in [3.63, 3.8) is 0 Å². The van der Waals surface area contributed by atoms with E-state index in [9.17, 15) is 0 Å². The van der Waals surface area contributed by atoms with Crippen LogP contribution in [0.5, 0.6) is 5.75 Å². The van der Waals surface area contributed by atoms with Crippen LogP contribution in [-0.4, -0.2) is 37.2 Å². The molecule has 1 aliphatic rings. The van der Waals surface area contributed by atoms with Crippen molar-refractivity contribution in [1.82, 2.24) is 4.90 Å². The molecule has 0 saturated carbocycles. The van der Waals surface area contributed by atoms with Crippen LogP contribution in [0.15, 0.2) is 24.3 Å². The topological polar surface area (TPSA) is 38.5 Å². The summed E-state index contributed by atoms with van der Waals surface area (Å²) in [5.41, 5.74) is 7.26. The van der Waals surface area contributed by atoms with Gasteiger partial charge in [-0.25, -0.2) is 0 Å². The van der Waals surface area contributed by atoms with Crippen LogP contribution >= 0.6 is 0 Å². The Balaban J connectivity index is 1.76. The third-order valence-electron chi connectivity index (χ3n) is 3.38. The molecule has 0 atom stereocenters. The summed E-state index contributed by atoms with van der Waals surface area (Å²) >= 11 is 0. The fraction of sp³-hybridized carbons (Fsp3) is 0.600. The van der Waals surface area contributed by atoms with E-state index in [1.54, 1.807) is 0 Å². The lowest BCUT2D eigenvalue weighted by molar-refractivity contribution is 0.124. The second-order valence-electron chi connectivity index (χ2n) is 6.14. The monoisotopic (exact) mass is 248 g/mol. The zero-order valence-corrected chi connectivity index (χ0v) is 11.6. The zero-order valence-electron chi connectivity index (χ0n) is 11.6. The molecule has 1 heterocycles. The molecular formula is C15H24N2O. The van der Waals surface area contributed by atoms with Crippen LogP contribution in [0.3, 0.4) is 0 Å². The third kappa shape index (κ3) is 3.47. The van der Waals surface area contributed by atoms with E-state index >= 15 is 0 Å². The van der Waals surface area contributed by atoms with Crippen LogP contribution in [0, 0.1) is 0 Å². The number of benzene rings is 1. The van der Waals surface area contributed by atoms with Gasteiger partial charge in [0.1, 0.15) is 12.4 Å². The maximum Gasteiger partial charge on any atom is 0.119 e. The Hall–Kier alpha value is -1.06. The fourth-order valence-electron chi connectivity index (χ4n) is 2.14. The molecule has 1 aromatic carbocycles. The second kappa shape index (κ2) is 5.29. The summed E-state index contributed by atoms with van der Waals surface area (Å²) in [6, 6.07) is 8.78. The quantitative estimate of drug-likeness (QED) is 0.886. The first-order valence-corrected chi connectivity index (χ1v) is 6.66. The molecule has 3 nitrogen and oxygen atoms in total. The van der Waals surface area contributed by atoms with Crippen LogP contribution < -0.4 is 10.5 Å². The minimum absolute atomic E-state index is 0.201. The van der Waals surface area contributed by atoms with Crippen molar-refractivity contribution in [2.75, 3.05) is 26.2 Å². The highest BCUT2D eigenvalue weighted by Crippen LogP contribution is 2.24. The predicted octanol–water partition coefficient (Wildman–Crippen LogP) is 2.01. The Bertz CT molecular complexity index is 374. The lowest BCUT2D eigenvalue weighted by Crippen LogP contribution is -2.56. The SMILES string of the molecule is CC(C)(C)c1ccc(OCCN2CC(N)C2)cc1. The molecule has 2 N–H and O–H groups in total. The first kappa shape index (κ1) is 13.4. The van der Waals surface area contributed by atoms with E-state index in [-0.39, 0.29) is 5.41 Å². The van der Waals surface area contributed by atoms with Crippen LogP contribution in [-0.2, 0) is 5.41 Å². The maximum absolute atomic E-state index is 5.73. The zero-order chi connectivity index (χ0) is 13.2. The summed E-state index contributed by atoms with van der Waals surface area (Å²) in [7, 11) is 0. The highest BCUT2D eigenvalue weighted by molar-refractivity contribution is 5.31.